The Morgan fingerprint density at radius 1 is 1.28 bits per heavy atom. The number of phenols is 1. The molecule has 0 saturated carbocycles. The van der Waals surface area contributed by atoms with Crippen LogP contribution in [0.1, 0.15) is 55.1 Å². The van der Waals surface area contributed by atoms with Crippen molar-refractivity contribution in [2.45, 2.75) is 40.0 Å². The van der Waals surface area contributed by atoms with Crippen molar-refractivity contribution < 1.29 is 14.6 Å². The van der Waals surface area contributed by atoms with E-state index in [1.54, 1.807) is 6.07 Å². The Balaban J connectivity index is 3.32. The Hall–Kier alpha value is -1.51. The molecule has 18 heavy (non-hydrogen) atoms. The minimum absolute atomic E-state index is 0.0457. The predicted molar refractivity (Wildman–Crippen MR) is 72.1 cm³/mol. The van der Waals surface area contributed by atoms with Crippen LogP contribution >= 0.6 is 0 Å². The van der Waals surface area contributed by atoms with E-state index in [9.17, 15) is 9.90 Å². The van der Waals surface area contributed by atoms with Crippen molar-refractivity contribution in [1.82, 2.24) is 0 Å². The van der Waals surface area contributed by atoms with Gasteiger partial charge in [0.05, 0.1) is 7.11 Å². The first kappa shape index (κ1) is 14.6. The first-order chi connectivity index (χ1) is 8.36. The van der Waals surface area contributed by atoms with Crippen LogP contribution in [-0.2, 0) is 11.2 Å². The maximum absolute atomic E-state index is 11.7. The number of carbonyl (C=O) groups excluding carboxylic acids is 1. The molecule has 1 aromatic rings. The average molecular weight is 250 g/mol. The molecule has 0 amide bonds. The lowest BCUT2D eigenvalue weighted by atomic mass is 9.92. The van der Waals surface area contributed by atoms with Crippen LogP contribution in [0.2, 0.25) is 0 Å². The monoisotopic (exact) mass is 250 g/mol. The highest BCUT2D eigenvalue weighted by molar-refractivity contribution is 5.93. The number of esters is 1. The Bertz CT molecular complexity index is 434. The van der Waals surface area contributed by atoms with Crippen LogP contribution in [0.3, 0.4) is 0 Å². The van der Waals surface area contributed by atoms with Crippen molar-refractivity contribution in [1.29, 1.82) is 0 Å². The predicted octanol–water partition coefficient (Wildman–Crippen LogP) is 3.50. The largest absolute Gasteiger partial charge is 0.507 e. The normalized spacial score (nSPS) is 11.1. The average Bonchev–Trinajstić information content (AvgIpc) is 2.29. The van der Waals surface area contributed by atoms with E-state index in [0.717, 1.165) is 17.5 Å². The second kappa shape index (κ2) is 5.89. The fraction of sp³-hybridized carbons (Fsp3) is 0.533. The summed E-state index contributed by atoms with van der Waals surface area (Å²) < 4.78 is 4.71. The molecule has 0 saturated heterocycles. The second-order valence-corrected chi connectivity index (χ2v) is 5.33. The summed E-state index contributed by atoms with van der Waals surface area (Å²) in [6, 6.07) is 3.71. The molecule has 0 heterocycles. The number of rotatable bonds is 4. The van der Waals surface area contributed by atoms with E-state index >= 15 is 0 Å². The van der Waals surface area contributed by atoms with Gasteiger partial charge in [0.1, 0.15) is 11.3 Å². The van der Waals surface area contributed by atoms with E-state index in [4.69, 9.17) is 4.74 Å². The molecular weight excluding hydrogens is 228 g/mol. The van der Waals surface area contributed by atoms with Crippen molar-refractivity contribution in [3.8, 4) is 5.75 Å². The minimum atomic E-state index is -0.486. The van der Waals surface area contributed by atoms with E-state index in [2.05, 4.69) is 13.8 Å². The molecule has 0 unspecified atom stereocenters. The van der Waals surface area contributed by atoms with Crippen LogP contribution in [0.5, 0.6) is 5.75 Å². The number of benzene rings is 1. The third kappa shape index (κ3) is 3.25. The van der Waals surface area contributed by atoms with Crippen LogP contribution in [-0.4, -0.2) is 18.2 Å². The summed E-state index contributed by atoms with van der Waals surface area (Å²) in [7, 11) is 1.33. The fourth-order valence-electron chi connectivity index (χ4n) is 2.01. The quantitative estimate of drug-likeness (QED) is 0.832. The Morgan fingerprint density at radius 2 is 1.89 bits per heavy atom. The number of carbonyl (C=O) groups is 1. The molecule has 1 rings (SSSR count). The summed E-state index contributed by atoms with van der Waals surface area (Å²) in [5, 5.41) is 10.1. The Kier molecular flexibility index (Phi) is 4.76. The minimum Gasteiger partial charge on any atom is -0.507 e. The van der Waals surface area contributed by atoms with Gasteiger partial charge in [0, 0.05) is 0 Å². The number of hydrogen-bond acceptors (Lipinski definition) is 3. The zero-order chi connectivity index (χ0) is 13.9. The molecule has 1 N–H and O–H groups in total. The van der Waals surface area contributed by atoms with Crippen LogP contribution in [0.25, 0.3) is 0 Å². The molecule has 1 aromatic carbocycles. The molecule has 3 nitrogen and oxygen atoms in total. The van der Waals surface area contributed by atoms with E-state index in [1.807, 2.05) is 19.9 Å². The first-order valence-corrected chi connectivity index (χ1v) is 6.30. The zero-order valence-electron chi connectivity index (χ0n) is 11.8. The number of hydrogen-bond donors (Lipinski definition) is 1. The topological polar surface area (TPSA) is 46.5 Å². The van der Waals surface area contributed by atoms with Gasteiger partial charge < -0.3 is 9.84 Å². The van der Waals surface area contributed by atoms with Gasteiger partial charge in [0.25, 0.3) is 0 Å². The molecule has 0 aromatic heterocycles. The fourth-order valence-corrected chi connectivity index (χ4v) is 2.01. The molecule has 0 bridgehead atoms. The van der Waals surface area contributed by atoms with Gasteiger partial charge in [0.2, 0.25) is 0 Å². The molecule has 0 aliphatic carbocycles. The lowest BCUT2D eigenvalue weighted by Gasteiger charge is -2.15. The lowest BCUT2D eigenvalue weighted by Crippen LogP contribution is -2.06. The molecule has 0 aliphatic rings. The molecule has 0 radical (unpaired) electrons. The first-order valence-electron chi connectivity index (χ1n) is 6.30. The standard InChI is InChI=1S/C15H22O3/c1-9(2)6-11-7-12(10(3)4)14(16)13(8-11)15(17)18-5/h7-10,16H,6H2,1-5H3. The highest BCUT2D eigenvalue weighted by Gasteiger charge is 2.18. The van der Waals surface area contributed by atoms with E-state index in [-0.39, 0.29) is 17.2 Å². The van der Waals surface area contributed by atoms with Gasteiger partial charge in [0.15, 0.2) is 0 Å². The number of methoxy groups -OCH3 is 1. The maximum atomic E-state index is 11.7. The highest BCUT2D eigenvalue weighted by Crippen LogP contribution is 2.31. The second-order valence-electron chi connectivity index (χ2n) is 5.33. The molecule has 3 heteroatoms. The van der Waals surface area contributed by atoms with E-state index < -0.39 is 5.97 Å². The summed E-state index contributed by atoms with van der Waals surface area (Å²) in [5.41, 5.74) is 2.12. The van der Waals surface area contributed by atoms with Gasteiger partial charge in [-0.05, 0) is 35.4 Å². The molecular formula is C15H22O3. The summed E-state index contributed by atoms with van der Waals surface area (Å²) in [6.07, 6.45) is 0.879. The molecule has 0 aliphatic heterocycles. The number of aromatic hydroxyl groups is 1. The molecule has 0 atom stereocenters. The molecule has 0 fully saturated rings. The zero-order valence-corrected chi connectivity index (χ0v) is 11.8. The van der Waals surface area contributed by atoms with Gasteiger partial charge in [-0.25, -0.2) is 4.79 Å². The van der Waals surface area contributed by atoms with Crippen molar-refractivity contribution in [2.75, 3.05) is 7.11 Å². The van der Waals surface area contributed by atoms with E-state index in [1.165, 1.54) is 7.11 Å². The van der Waals surface area contributed by atoms with Crippen molar-refractivity contribution in [3.63, 3.8) is 0 Å². The van der Waals surface area contributed by atoms with Crippen molar-refractivity contribution >= 4 is 5.97 Å². The van der Waals surface area contributed by atoms with Crippen LogP contribution in [0.4, 0.5) is 0 Å². The summed E-state index contributed by atoms with van der Waals surface area (Å²) in [6.45, 7) is 8.24. The van der Waals surface area contributed by atoms with Crippen molar-refractivity contribution in [3.05, 3.63) is 28.8 Å². The Morgan fingerprint density at radius 3 is 2.33 bits per heavy atom. The third-order valence-electron chi connectivity index (χ3n) is 2.87. The summed E-state index contributed by atoms with van der Waals surface area (Å²) in [4.78, 5) is 11.7. The Labute approximate surface area is 109 Å². The van der Waals surface area contributed by atoms with Gasteiger partial charge in [-0.1, -0.05) is 33.8 Å². The van der Waals surface area contributed by atoms with Gasteiger partial charge >= 0.3 is 5.97 Å². The third-order valence-corrected chi connectivity index (χ3v) is 2.87. The number of ether oxygens (including phenoxy) is 1. The number of phenolic OH excluding ortho intramolecular Hbond substituents is 1. The van der Waals surface area contributed by atoms with Crippen LogP contribution < -0.4 is 0 Å². The van der Waals surface area contributed by atoms with Gasteiger partial charge in [-0.3, -0.25) is 0 Å². The van der Waals surface area contributed by atoms with Gasteiger partial charge in [-0.15, -0.1) is 0 Å². The van der Waals surface area contributed by atoms with Crippen molar-refractivity contribution in [2.24, 2.45) is 5.92 Å². The smallest absolute Gasteiger partial charge is 0.341 e. The van der Waals surface area contributed by atoms with E-state index in [0.29, 0.717) is 5.92 Å². The SMILES string of the molecule is COC(=O)c1cc(CC(C)C)cc(C(C)C)c1O. The van der Waals surface area contributed by atoms with Crippen LogP contribution in [0, 0.1) is 5.92 Å². The molecule has 100 valence electrons. The molecule has 0 spiro atoms. The summed E-state index contributed by atoms with van der Waals surface area (Å²) >= 11 is 0. The maximum Gasteiger partial charge on any atom is 0.341 e. The highest BCUT2D eigenvalue weighted by atomic mass is 16.5. The van der Waals surface area contributed by atoms with Crippen LogP contribution in [0.15, 0.2) is 12.1 Å². The lowest BCUT2D eigenvalue weighted by molar-refractivity contribution is 0.0597. The summed E-state index contributed by atoms with van der Waals surface area (Å²) in [5.74, 6) is 0.227. The van der Waals surface area contributed by atoms with Gasteiger partial charge in [-0.2, -0.15) is 0 Å².